The molecule has 48 heavy (non-hydrogen) atoms. The highest BCUT2D eigenvalue weighted by atomic mass is 28.4. The number of hydrogen-bond acceptors (Lipinski definition) is 5. The first-order valence-electron chi connectivity index (χ1n) is 18.5. The van der Waals surface area contributed by atoms with Crippen LogP contribution in [0.5, 0.6) is 0 Å². The average Bonchev–Trinajstić information content (AvgIpc) is 3.04. The number of benzene rings is 2. The molecule has 0 spiro atoms. The van der Waals surface area contributed by atoms with Crippen LogP contribution in [0.15, 0.2) is 73.3 Å². The molecule has 0 radical (unpaired) electrons. The Morgan fingerprint density at radius 1 is 0.729 bits per heavy atom. The fraction of sp³-hybridized carbons (Fsp3) is 0.659. The summed E-state index contributed by atoms with van der Waals surface area (Å²) in [6, 6.07) is 22.0. The van der Waals surface area contributed by atoms with E-state index >= 15 is 0 Å². The van der Waals surface area contributed by atoms with Gasteiger partial charge in [-0.3, -0.25) is 0 Å². The van der Waals surface area contributed by atoms with Crippen molar-refractivity contribution in [1.82, 2.24) is 0 Å². The van der Waals surface area contributed by atoms with Crippen LogP contribution >= 0.6 is 0 Å². The lowest BCUT2D eigenvalue weighted by Crippen LogP contribution is -2.67. The molecule has 4 atom stereocenters. The lowest BCUT2D eigenvalue weighted by atomic mass is 10.00. The van der Waals surface area contributed by atoms with Gasteiger partial charge in [0.05, 0.1) is 18.3 Å². The predicted octanol–water partition coefficient (Wildman–Crippen LogP) is 9.78. The van der Waals surface area contributed by atoms with E-state index in [4.69, 9.17) is 18.3 Å². The molecular formula is C41H70O5Si2. The van der Waals surface area contributed by atoms with E-state index in [1.165, 1.54) is 29.6 Å². The van der Waals surface area contributed by atoms with Crippen LogP contribution in [0, 0.1) is 0 Å². The van der Waals surface area contributed by atoms with Crippen molar-refractivity contribution in [3.8, 4) is 0 Å². The van der Waals surface area contributed by atoms with E-state index in [1.54, 1.807) is 13.2 Å². The molecule has 5 nitrogen and oxygen atoms in total. The van der Waals surface area contributed by atoms with E-state index in [2.05, 4.69) is 129 Å². The second kappa shape index (κ2) is 20.3. The van der Waals surface area contributed by atoms with Crippen LogP contribution in [0.2, 0.25) is 23.2 Å². The summed E-state index contributed by atoms with van der Waals surface area (Å²) in [6.07, 6.45) is 11.1. The van der Waals surface area contributed by atoms with Crippen molar-refractivity contribution in [2.75, 3.05) is 13.9 Å². The van der Waals surface area contributed by atoms with Crippen LogP contribution in [-0.4, -0.2) is 60.1 Å². The van der Waals surface area contributed by atoms with Gasteiger partial charge in [0.25, 0.3) is 8.32 Å². The Kier molecular flexibility index (Phi) is 18.0. The Morgan fingerprint density at radius 2 is 1.23 bits per heavy atom. The third kappa shape index (κ3) is 12.6. The van der Waals surface area contributed by atoms with Crippen molar-refractivity contribution in [2.24, 2.45) is 0 Å². The van der Waals surface area contributed by atoms with Crippen LogP contribution in [0.4, 0.5) is 0 Å². The SMILES string of the molecule is C=C[C@H](O)[C@H](C[C@@H](CCCCC[C@@H](CCCCC)O[Si](c1ccccc1)(c1ccccc1)C(C)(C)C)OCOC)O[Si](C)(C)C(C)(C)C. The fourth-order valence-electron chi connectivity index (χ4n) is 6.40. The van der Waals surface area contributed by atoms with Gasteiger partial charge in [0.15, 0.2) is 8.32 Å². The highest BCUT2D eigenvalue weighted by molar-refractivity contribution is 6.99. The van der Waals surface area contributed by atoms with E-state index in [9.17, 15) is 5.11 Å². The summed E-state index contributed by atoms with van der Waals surface area (Å²) in [7, 11) is -3.06. The van der Waals surface area contributed by atoms with Crippen molar-refractivity contribution in [1.29, 1.82) is 0 Å². The van der Waals surface area contributed by atoms with Gasteiger partial charge in [-0.15, -0.1) is 6.58 Å². The van der Waals surface area contributed by atoms with Gasteiger partial charge < -0.3 is 23.4 Å². The van der Waals surface area contributed by atoms with E-state index in [0.717, 1.165) is 38.5 Å². The maximum absolute atomic E-state index is 10.9. The van der Waals surface area contributed by atoms with Gasteiger partial charge in [-0.2, -0.15) is 0 Å². The van der Waals surface area contributed by atoms with Gasteiger partial charge in [0.2, 0.25) is 0 Å². The average molecular weight is 699 g/mol. The smallest absolute Gasteiger partial charge is 0.261 e. The van der Waals surface area contributed by atoms with Crippen LogP contribution in [0.1, 0.15) is 113 Å². The second-order valence-electron chi connectivity index (χ2n) is 16.1. The first-order valence-corrected chi connectivity index (χ1v) is 23.3. The molecular weight excluding hydrogens is 629 g/mol. The molecule has 0 aliphatic rings. The maximum atomic E-state index is 10.9. The number of rotatable bonds is 23. The number of hydrogen-bond donors (Lipinski definition) is 1. The normalized spacial score (nSPS) is 15.6. The van der Waals surface area contributed by atoms with Gasteiger partial charge in [0.1, 0.15) is 6.79 Å². The summed E-state index contributed by atoms with van der Waals surface area (Å²) in [5.74, 6) is 0. The Hall–Kier alpha value is -1.59. The standard InChI is InChI=1S/C41H70O5Si2/c1-12-14-18-25-34(45-48(41(6,7)8,36-28-21-16-22-29-36)37-30-23-17-24-31-37)26-19-15-20-27-35(44-33-43-9)32-39(38(42)13-2)46-47(10,11)40(3,4)5/h13,16-17,21-24,28-31,34-35,38-39,42H,2,12,14-15,18-20,25-27,32-33H2,1,3-11H3/t34-,35-,38+,39+/m1/s1. The van der Waals surface area contributed by atoms with Gasteiger partial charge in [0, 0.05) is 19.6 Å². The molecule has 0 aliphatic carbocycles. The lowest BCUT2D eigenvalue weighted by Gasteiger charge is -2.45. The molecule has 2 rings (SSSR count). The van der Waals surface area contributed by atoms with E-state index < -0.39 is 22.7 Å². The Balaban J connectivity index is 2.20. The van der Waals surface area contributed by atoms with Crippen LogP contribution in [-0.2, 0) is 18.3 Å². The number of unbranched alkanes of at least 4 members (excludes halogenated alkanes) is 4. The summed E-state index contributed by atoms with van der Waals surface area (Å²) < 4.78 is 25.8. The van der Waals surface area contributed by atoms with Crippen molar-refractivity contribution < 1.29 is 23.4 Å². The molecule has 0 aromatic heterocycles. The molecule has 0 aliphatic heterocycles. The number of aliphatic hydroxyl groups is 1. The molecule has 7 heteroatoms. The van der Waals surface area contributed by atoms with Crippen molar-refractivity contribution in [3.05, 3.63) is 73.3 Å². The Bertz CT molecular complexity index is 1100. The molecule has 0 fully saturated rings. The van der Waals surface area contributed by atoms with Gasteiger partial charge in [-0.25, -0.2) is 0 Å². The highest BCUT2D eigenvalue weighted by Crippen LogP contribution is 2.40. The Morgan fingerprint density at radius 3 is 1.67 bits per heavy atom. The predicted molar refractivity (Wildman–Crippen MR) is 209 cm³/mol. The molecule has 272 valence electrons. The van der Waals surface area contributed by atoms with E-state index in [-0.39, 0.29) is 35.2 Å². The lowest BCUT2D eigenvalue weighted by molar-refractivity contribution is -0.0928. The zero-order valence-corrected chi connectivity index (χ0v) is 34.2. The summed E-state index contributed by atoms with van der Waals surface area (Å²) in [5, 5.41) is 13.6. The molecule has 2 aromatic rings. The minimum Gasteiger partial charge on any atom is -0.411 e. The van der Waals surface area contributed by atoms with Crippen molar-refractivity contribution in [2.45, 2.75) is 160 Å². The molecule has 1 N–H and O–H groups in total. The molecule has 0 saturated carbocycles. The van der Waals surface area contributed by atoms with Crippen molar-refractivity contribution in [3.63, 3.8) is 0 Å². The van der Waals surface area contributed by atoms with Crippen LogP contribution < -0.4 is 10.4 Å². The topological polar surface area (TPSA) is 57.2 Å². The van der Waals surface area contributed by atoms with Crippen LogP contribution in [0.25, 0.3) is 0 Å². The molecule has 0 amide bonds. The number of aliphatic hydroxyl groups excluding tert-OH is 1. The minimum absolute atomic E-state index is 0.0380. The number of ether oxygens (including phenoxy) is 2. The summed E-state index contributed by atoms with van der Waals surface area (Å²) >= 11 is 0. The molecule has 0 bridgehead atoms. The third-order valence-electron chi connectivity index (χ3n) is 10.2. The first-order chi connectivity index (χ1) is 22.6. The summed E-state index contributed by atoms with van der Waals surface area (Å²) in [4.78, 5) is 0. The largest absolute Gasteiger partial charge is 0.411 e. The second-order valence-corrected chi connectivity index (χ2v) is 25.1. The zero-order valence-electron chi connectivity index (χ0n) is 32.2. The zero-order chi connectivity index (χ0) is 35.8. The molecule has 0 unspecified atom stereocenters. The molecule has 0 heterocycles. The van der Waals surface area contributed by atoms with Gasteiger partial charge in [-0.05, 0) is 52.8 Å². The monoisotopic (exact) mass is 698 g/mol. The fourth-order valence-corrected chi connectivity index (χ4v) is 12.5. The number of methoxy groups -OCH3 is 1. The molecule has 2 aromatic carbocycles. The minimum atomic E-state index is -2.62. The first kappa shape index (κ1) is 42.6. The van der Waals surface area contributed by atoms with E-state index in [0.29, 0.717) is 6.42 Å². The van der Waals surface area contributed by atoms with Gasteiger partial charge in [-0.1, -0.05) is 154 Å². The quantitative estimate of drug-likeness (QED) is 0.0542. The Labute approximate surface area is 297 Å². The van der Waals surface area contributed by atoms with Crippen molar-refractivity contribution >= 4 is 27.0 Å². The van der Waals surface area contributed by atoms with E-state index in [1.807, 2.05) is 0 Å². The summed E-state index contributed by atoms with van der Waals surface area (Å²) in [6.45, 7) is 24.6. The molecule has 0 saturated heterocycles. The summed E-state index contributed by atoms with van der Waals surface area (Å²) in [5.41, 5.74) is 0. The highest BCUT2D eigenvalue weighted by Gasteiger charge is 2.51. The van der Waals surface area contributed by atoms with Crippen LogP contribution in [0.3, 0.4) is 0 Å². The van der Waals surface area contributed by atoms with Gasteiger partial charge >= 0.3 is 0 Å². The third-order valence-corrected chi connectivity index (χ3v) is 19.8. The maximum Gasteiger partial charge on any atom is 0.261 e.